The summed E-state index contributed by atoms with van der Waals surface area (Å²) in [6, 6.07) is 11.3. The highest BCUT2D eigenvalue weighted by Crippen LogP contribution is 2.30. The zero-order valence-electron chi connectivity index (χ0n) is 19.8. The Balaban J connectivity index is 1.44. The molecule has 1 saturated heterocycles. The van der Waals surface area contributed by atoms with Crippen molar-refractivity contribution in [2.75, 3.05) is 13.1 Å². The van der Waals surface area contributed by atoms with E-state index < -0.39 is 5.60 Å². The largest absolute Gasteiger partial charge is 0.489 e. The number of nitrogens with one attached hydrogen (secondary N) is 1. The van der Waals surface area contributed by atoms with E-state index in [-0.39, 0.29) is 30.5 Å². The molecule has 1 fully saturated rings. The lowest BCUT2D eigenvalue weighted by atomic mass is 10.1. The minimum atomic E-state index is -0.570. The first-order valence-electron chi connectivity index (χ1n) is 11.3. The van der Waals surface area contributed by atoms with Gasteiger partial charge in [0.25, 0.3) is 5.91 Å². The highest BCUT2D eigenvalue weighted by atomic mass is 19.1. The number of carbonyl (C=O) groups excluding carboxylic acids is 2. The normalized spacial score (nSPS) is 16.0. The van der Waals surface area contributed by atoms with Gasteiger partial charge < -0.3 is 24.1 Å². The van der Waals surface area contributed by atoms with Crippen molar-refractivity contribution in [2.24, 2.45) is 0 Å². The van der Waals surface area contributed by atoms with Crippen molar-refractivity contribution >= 4 is 23.0 Å². The number of rotatable bonds is 5. The van der Waals surface area contributed by atoms with Gasteiger partial charge in [0.2, 0.25) is 0 Å². The summed E-state index contributed by atoms with van der Waals surface area (Å²) in [4.78, 5) is 27.1. The number of aryl methyl sites for hydroxylation is 1. The third kappa shape index (κ3) is 5.50. The van der Waals surface area contributed by atoms with Crippen LogP contribution in [0.25, 0.3) is 11.0 Å². The van der Waals surface area contributed by atoms with E-state index in [9.17, 15) is 14.0 Å². The number of fused-ring (bicyclic) bond motifs is 1. The van der Waals surface area contributed by atoms with E-state index in [4.69, 9.17) is 13.9 Å². The van der Waals surface area contributed by atoms with Crippen LogP contribution in [-0.2, 0) is 11.3 Å². The van der Waals surface area contributed by atoms with Crippen LogP contribution in [-0.4, -0.2) is 41.6 Å². The average molecular weight is 469 g/mol. The maximum absolute atomic E-state index is 13.4. The van der Waals surface area contributed by atoms with Crippen molar-refractivity contribution in [1.82, 2.24) is 10.2 Å². The zero-order valence-corrected chi connectivity index (χ0v) is 19.8. The maximum atomic E-state index is 13.4. The molecule has 4 rings (SSSR count). The molecule has 0 unspecified atom stereocenters. The first-order chi connectivity index (χ1) is 16.1. The van der Waals surface area contributed by atoms with Gasteiger partial charge in [-0.25, -0.2) is 9.18 Å². The fraction of sp³-hybridized carbons (Fsp3) is 0.385. The van der Waals surface area contributed by atoms with Gasteiger partial charge in [-0.3, -0.25) is 4.79 Å². The Bertz CT molecular complexity index is 1210. The molecule has 0 saturated carbocycles. The number of benzene rings is 2. The molecule has 1 aliphatic rings. The van der Waals surface area contributed by atoms with Crippen LogP contribution in [0.1, 0.15) is 48.9 Å². The lowest BCUT2D eigenvalue weighted by Crippen LogP contribution is -2.40. The predicted molar refractivity (Wildman–Crippen MR) is 125 cm³/mol. The standard InChI is InChI=1S/C26H29FN2O5/c1-16-23(24(30)28-19-10-11-29(14-19)25(31)34-26(2,3)4)21-13-20(8-9-22(21)33-16)32-15-17-6-5-7-18(27)12-17/h5-9,12-13,19H,10-11,14-15H2,1-4H3,(H,28,30)/t19-/m0/s1. The Labute approximate surface area is 197 Å². The Morgan fingerprint density at radius 1 is 1.21 bits per heavy atom. The van der Waals surface area contributed by atoms with Crippen molar-refractivity contribution in [3.05, 3.63) is 65.2 Å². The molecule has 180 valence electrons. The number of furan rings is 1. The molecule has 1 atom stereocenters. The number of carbonyl (C=O) groups is 2. The van der Waals surface area contributed by atoms with Gasteiger partial charge in [-0.1, -0.05) is 12.1 Å². The fourth-order valence-corrected chi connectivity index (χ4v) is 3.99. The second-order valence-electron chi connectivity index (χ2n) is 9.50. The summed E-state index contributed by atoms with van der Waals surface area (Å²) in [6.07, 6.45) is 0.260. The summed E-state index contributed by atoms with van der Waals surface area (Å²) in [5, 5.41) is 3.65. The number of amides is 2. The molecule has 0 aliphatic carbocycles. The molecule has 0 spiro atoms. The monoisotopic (exact) mass is 468 g/mol. The minimum Gasteiger partial charge on any atom is -0.489 e. The molecule has 2 amide bonds. The molecular formula is C26H29FN2O5. The van der Waals surface area contributed by atoms with Crippen LogP contribution in [0.15, 0.2) is 46.9 Å². The summed E-state index contributed by atoms with van der Waals surface area (Å²) < 4.78 is 30.4. The second kappa shape index (κ2) is 9.37. The molecule has 1 aromatic heterocycles. The van der Waals surface area contributed by atoms with Crippen LogP contribution in [0.3, 0.4) is 0 Å². The molecule has 8 heteroatoms. The topological polar surface area (TPSA) is 81.0 Å². The van der Waals surface area contributed by atoms with Gasteiger partial charge in [-0.15, -0.1) is 0 Å². The molecule has 7 nitrogen and oxygen atoms in total. The molecule has 0 radical (unpaired) electrons. The van der Waals surface area contributed by atoms with Gasteiger partial charge in [0.15, 0.2) is 0 Å². The van der Waals surface area contributed by atoms with Crippen molar-refractivity contribution < 1.29 is 27.9 Å². The van der Waals surface area contributed by atoms with E-state index in [1.165, 1.54) is 12.1 Å². The lowest BCUT2D eigenvalue weighted by Gasteiger charge is -2.24. The first kappa shape index (κ1) is 23.6. The predicted octanol–water partition coefficient (Wildman–Crippen LogP) is 5.20. The number of hydrogen-bond donors (Lipinski definition) is 1. The van der Waals surface area contributed by atoms with E-state index in [2.05, 4.69) is 5.32 Å². The third-order valence-electron chi connectivity index (χ3n) is 5.53. The van der Waals surface area contributed by atoms with Gasteiger partial charge in [-0.2, -0.15) is 0 Å². The van der Waals surface area contributed by atoms with Crippen molar-refractivity contribution in [3.8, 4) is 5.75 Å². The van der Waals surface area contributed by atoms with Gasteiger partial charge in [0.05, 0.1) is 5.56 Å². The minimum absolute atomic E-state index is 0.184. The van der Waals surface area contributed by atoms with Crippen LogP contribution in [0, 0.1) is 12.7 Å². The summed E-state index contributed by atoms with van der Waals surface area (Å²) in [5.41, 5.74) is 1.14. The quantitative estimate of drug-likeness (QED) is 0.557. The molecule has 1 aliphatic heterocycles. The lowest BCUT2D eigenvalue weighted by molar-refractivity contribution is 0.0290. The molecular weight excluding hydrogens is 439 g/mol. The second-order valence-corrected chi connectivity index (χ2v) is 9.50. The van der Waals surface area contributed by atoms with Crippen molar-refractivity contribution in [2.45, 2.75) is 52.4 Å². The van der Waals surface area contributed by atoms with Gasteiger partial charge in [0, 0.05) is 24.5 Å². The smallest absolute Gasteiger partial charge is 0.410 e. The van der Waals surface area contributed by atoms with E-state index in [1.807, 2.05) is 20.8 Å². The highest BCUT2D eigenvalue weighted by Gasteiger charge is 2.31. The highest BCUT2D eigenvalue weighted by molar-refractivity contribution is 6.07. The van der Waals surface area contributed by atoms with E-state index in [0.29, 0.717) is 53.1 Å². The van der Waals surface area contributed by atoms with Gasteiger partial charge in [0.1, 0.15) is 35.1 Å². The van der Waals surface area contributed by atoms with Gasteiger partial charge >= 0.3 is 6.09 Å². The summed E-state index contributed by atoms with van der Waals surface area (Å²) >= 11 is 0. The molecule has 3 aromatic rings. The van der Waals surface area contributed by atoms with Crippen molar-refractivity contribution in [3.63, 3.8) is 0 Å². The fourth-order valence-electron chi connectivity index (χ4n) is 3.99. The molecule has 1 N–H and O–H groups in total. The SMILES string of the molecule is Cc1oc2ccc(OCc3cccc(F)c3)cc2c1C(=O)N[C@H]1CCN(C(=O)OC(C)(C)C)C1. The average Bonchev–Trinajstić information content (AvgIpc) is 3.34. The van der Waals surface area contributed by atoms with Crippen LogP contribution < -0.4 is 10.1 Å². The van der Waals surface area contributed by atoms with Crippen LogP contribution in [0.2, 0.25) is 0 Å². The summed E-state index contributed by atoms with van der Waals surface area (Å²) in [6.45, 7) is 8.31. The number of ether oxygens (including phenoxy) is 2. The number of halogens is 1. The van der Waals surface area contributed by atoms with Crippen LogP contribution in [0.4, 0.5) is 9.18 Å². The Morgan fingerprint density at radius 3 is 2.74 bits per heavy atom. The Kier molecular flexibility index (Phi) is 6.50. The number of hydrogen-bond acceptors (Lipinski definition) is 5. The van der Waals surface area contributed by atoms with E-state index in [0.717, 1.165) is 0 Å². The van der Waals surface area contributed by atoms with Crippen LogP contribution >= 0.6 is 0 Å². The Hall–Kier alpha value is -3.55. The van der Waals surface area contributed by atoms with E-state index >= 15 is 0 Å². The van der Waals surface area contributed by atoms with E-state index in [1.54, 1.807) is 42.2 Å². The molecule has 2 aromatic carbocycles. The zero-order chi connectivity index (χ0) is 24.5. The summed E-state index contributed by atoms with van der Waals surface area (Å²) in [5.74, 6) is 0.452. The first-order valence-corrected chi connectivity index (χ1v) is 11.3. The third-order valence-corrected chi connectivity index (χ3v) is 5.53. The summed E-state index contributed by atoms with van der Waals surface area (Å²) in [7, 11) is 0. The number of likely N-dealkylation sites (tertiary alicyclic amines) is 1. The molecule has 2 heterocycles. The molecule has 0 bridgehead atoms. The van der Waals surface area contributed by atoms with Crippen LogP contribution in [0.5, 0.6) is 5.75 Å². The number of nitrogens with zero attached hydrogens (tertiary/aromatic N) is 1. The van der Waals surface area contributed by atoms with Gasteiger partial charge in [-0.05, 0) is 70.0 Å². The van der Waals surface area contributed by atoms with Crippen molar-refractivity contribution in [1.29, 1.82) is 0 Å². The maximum Gasteiger partial charge on any atom is 0.410 e. The Morgan fingerprint density at radius 2 is 2.00 bits per heavy atom. The molecule has 34 heavy (non-hydrogen) atoms.